The Morgan fingerprint density at radius 1 is 1.17 bits per heavy atom. The summed E-state index contributed by atoms with van der Waals surface area (Å²) < 4.78 is 43.9. The van der Waals surface area contributed by atoms with E-state index in [0.29, 0.717) is 5.56 Å². The van der Waals surface area contributed by atoms with Crippen LogP contribution >= 0.6 is 0 Å². The number of benzene rings is 2. The average molecular weight is 337 g/mol. The topological polar surface area (TPSA) is 72.5 Å². The maximum atomic E-state index is 12.9. The van der Waals surface area contributed by atoms with Gasteiger partial charge in [-0.25, -0.2) is 22.3 Å². The van der Waals surface area contributed by atoms with E-state index in [9.17, 15) is 17.6 Å². The lowest BCUT2D eigenvalue weighted by molar-refractivity contribution is 0.0337. The second-order valence-electron chi connectivity index (χ2n) is 4.83. The van der Waals surface area contributed by atoms with Crippen molar-refractivity contribution in [3.63, 3.8) is 0 Å². The van der Waals surface area contributed by atoms with Gasteiger partial charge in [-0.1, -0.05) is 18.2 Å². The molecule has 0 saturated heterocycles. The molecule has 5 nitrogen and oxygen atoms in total. The molecule has 7 heteroatoms. The molecule has 23 heavy (non-hydrogen) atoms. The number of rotatable bonds is 5. The molecule has 0 aromatic heterocycles. The van der Waals surface area contributed by atoms with Crippen LogP contribution in [-0.4, -0.2) is 21.4 Å². The van der Waals surface area contributed by atoms with E-state index < -0.39 is 22.1 Å². The number of esters is 1. The van der Waals surface area contributed by atoms with Gasteiger partial charge in [-0.2, -0.15) is 0 Å². The van der Waals surface area contributed by atoms with Crippen LogP contribution in [0.3, 0.4) is 0 Å². The van der Waals surface area contributed by atoms with Crippen LogP contribution < -0.4 is 4.72 Å². The van der Waals surface area contributed by atoms with Gasteiger partial charge in [0.05, 0.1) is 10.5 Å². The first-order valence-electron chi connectivity index (χ1n) is 6.83. The Balaban J connectivity index is 2.18. The van der Waals surface area contributed by atoms with E-state index in [1.807, 2.05) is 0 Å². The first kappa shape index (κ1) is 17.1. The molecule has 0 amide bonds. The number of carbonyl (C=O) groups excluding carboxylic acids is 1. The molecule has 1 atom stereocenters. The van der Waals surface area contributed by atoms with Crippen molar-refractivity contribution in [2.24, 2.45) is 0 Å². The molecule has 2 rings (SSSR count). The minimum absolute atomic E-state index is 0.0242. The van der Waals surface area contributed by atoms with Gasteiger partial charge < -0.3 is 4.74 Å². The number of carbonyl (C=O) groups is 1. The maximum Gasteiger partial charge on any atom is 0.338 e. The van der Waals surface area contributed by atoms with Crippen LogP contribution in [0.1, 0.15) is 28.9 Å². The normalized spacial score (nSPS) is 12.7. The van der Waals surface area contributed by atoms with Gasteiger partial charge in [0, 0.05) is 0 Å². The van der Waals surface area contributed by atoms with E-state index in [-0.39, 0.29) is 16.3 Å². The van der Waals surface area contributed by atoms with E-state index in [1.54, 1.807) is 6.92 Å². The second kappa shape index (κ2) is 6.89. The number of hydrogen-bond acceptors (Lipinski definition) is 4. The number of ether oxygens (including phenoxy) is 1. The second-order valence-corrected chi connectivity index (χ2v) is 6.72. The molecule has 2 aromatic carbocycles. The zero-order valence-corrected chi connectivity index (χ0v) is 13.4. The van der Waals surface area contributed by atoms with Gasteiger partial charge in [-0.15, -0.1) is 0 Å². The summed E-state index contributed by atoms with van der Waals surface area (Å²) in [5.74, 6) is -1.03. The Morgan fingerprint density at radius 3 is 2.43 bits per heavy atom. The van der Waals surface area contributed by atoms with E-state index in [0.717, 1.165) is 0 Å². The van der Waals surface area contributed by atoms with Gasteiger partial charge in [0.1, 0.15) is 11.9 Å². The van der Waals surface area contributed by atoms with Crippen molar-refractivity contribution < 1.29 is 22.3 Å². The van der Waals surface area contributed by atoms with E-state index >= 15 is 0 Å². The van der Waals surface area contributed by atoms with Gasteiger partial charge in [0.15, 0.2) is 0 Å². The lowest BCUT2D eigenvalue weighted by Gasteiger charge is -2.14. The fourth-order valence-electron chi connectivity index (χ4n) is 1.94. The Hall–Kier alpha value is -2.25. The van der Waals surface area contributed by atoms with Gasteiger partial charge in [-0.05, 0) is 49.9 Å². The Morgan fingerprint density at radius 2 is 1.83 bits per heavy atom. The number of nitrogens with one attached hydrogen (secondary N) is 1. The van der Waals surface area contributed by atoms with Crippen LogP contribution in [0.25, 0.3) is 0 Å². The first-order chi connectivity index (χ1) is 10.8. The quantitative estimate of drug-likeness (QED) is 0.852. The summed E-state index contributed by atoms with van der Waals surface area (Å²) in [5, 5.41) is 0. The Kier molecular flexibility index (Phi) is 5.12. The van der Waals surface area contributed by atoms with Crippen molar-refractivity contribution in [3.8, 4) is 0 Å². The molecule has 0 saturated carbocycles. The molecule has 0 spiro atoms. The standard InChI is InChI=1S/C16H16FNO4S/c1-11(12-6-8-14(17)9-7-12)22-16(19)13-4-3-5-15(10-13)23(20,21)18-2/h3-11,18H,1-2H3/t11-/m1/s1. The van der Waals surface area contributed by atoms with Crippen LogP contribution in [0, 0.1) is 5.82 Å². The van der Waals surface area contributed by atoms with E-state index in [4.69, 9.17) is 4.74 Å². The summed E-state index contributed by atoms with van der Waals surface area (Å²) >= 11 is 0. The Bertz CT molecular complexity index is 803. The minimum Gasteiger partial charge on any atom is -0.454 e. The molecule has 2 aromatic rings. The zero-order chi connectivity index (χ0) is 17.0. The van der Waals surface area contributed by atoms with Gasteiger partial charge in [0.2, 0.25) is 10.0 Å². The summed E-state index contributed by atoms with van der Waals surface area (Å²) in [6.45, 7) is 1.65. The molecule has 0 bridgehead atoms. The molecule has 0 heterocycles. The molecule has 1 N–H and O–H groups in total. The molecular formula is C16H16FNO4S. The van der Waals surface area contributed by atoms with Crippen LogP contribution in [0.2, 0.25) is 0 Å². The Labute approximate surface area is 134 Å². The summed E-state index contributed by atoms with van der Waals surface area (Å²) in [6.07, 6.45) is -0.590. The fraction of sp³-hybridized carbons (Fsp3) is 0.188. The van der Waals surface area contributed by atoms with Crippen LogP contribution in [0.15, 0.2) is 53.4 Å². The third kappa shape index (κ3) is 4.14. The lowest BCUT2D eigenvalue weighted by atomic mass is 10.1. The van der Waals surface area contributed by atoms with E-state index in [1.165, 1.54) is 55.6 Å². The third-order valence-electron chi connectivity index (χ3n) is 3.27. The van der Waals surface area contributed by atoms with Crippen molar-refractivity contribution >= 4 is 16.0 Å². The highest BCUT2D eigenvalue weighted by atomic mass is 32.2. The number of hydrogen-bond donors (Lipinski definition) is 1. The third-order valence-corrected chi connectivity index (χ3v) is 4.68. The minimum atomic E-state index is -3.64. The van der Waals surface area contributed by atoms with Crippen molar-refractivity contribution in [2.45, 2.75) is 17.9 Å². The van der Waals surface area contributed by atoms with Crippen molar-refractivity contribution in [1.82, 2.24) is 4.72 Å². The van der Waals surface area contributed by atoms with E-state index in [2.05, 4.69) is 4.72 Å². The molecule has 0 aliphatic heterocycles. The monoisotopic (exact) mass is 337 g/mol. The predicted molar refractivity (Wildman–Crippen MR) is 82.9 cm³/mol. The lowest BCUT2D eigenvalue weighted by Crippen LogP contribution is -2.19. The zero-order valence-electron chi connectivity index (χ0n) is 12.6. The average Bonchev–Trinajstić information content (AvgIpc) is 2.55. The number of sulfonamides is 1. The predicted octanol–water partition coefficient (Wildman–Crippen LogP) is 2.65. The summed E-state index contributed by atoms with van der Waals surface area (Å²) in [7, 11) is -2.35. The molecule has 0 radical (unpaired) electrons. The van der Waals surface area contributed by atoms with Crippen LogP contribution in [0.4, 0.5) is 4.39 Å². The molecule has 0 fully saturated rings. The van der Waals surface area contributed by atoms with Crippen molar-refractivity contribution in [1.29, 1.82) is 0 Å². The first-order valence-corrected chi connectivity index (χ1v) is 8.32. The van der Waals surface area contributed by atoms with Gasteiger partial charge in [-0.3, -0.25) is 0 Å². The molecule has 0 unspecified atom stereocenters. The molecule has 0 aliphatic rings. The van der Waals surface area contributed by atoms with Crippen LogP contribution in [-0.2, 0) is 14.8 Å². The summed E-state index contributed by atoms with van der Waals surface area (Å²) in [5.41, 5.74) is 0.758. The highest BCUT2D eigenvalue weighted by Gasteiger charge is 2.17. The SMILES string of the molecule is CNS(=O)(=O)c1cccc(C(=O)O[C@H](C)c2ccc(F)cc2)c1. The highest BCUT2D eigenvalue weighted by Crippen LogP contribution is 2.20. The maximum absolute atomic E-state index is 12.9. The van der Waals surface area contributed by atoms with Gasteiger partial charge >= 0.3 is 5.97 Å². The highest BCUT2D eigenvalue weighted by molar-refractivity contribution is 7.89. The van der Waals surface area contributed by atoms with Crippen molar-refractivity contribution in [3.05, 3.63) is 65.5 Å². The largest absolute Gasteiger partial charge is 0.454 e. The van der Waals surface area contributed by atoms with Crippen LogP contribution in [0.5, 0.6) is 0 Å². The summed E-state index contributed by atoms with van der Waals surface area (Å²) in [6, 6.07) is 11.2. The van der Waals surface area contributed by atoms with Gasteiger partial charge in [0.25, 0.3) is 0 Å². The smallest absolute Gasteiger partial charge is 0.338 e. The fourth-order valence-corrected chi connectivity index (χ4v) is 2.71. The van der Waals surface area contributed by atoms with Crippen molar-refractivity contribution in [2.75, 3.05) is 7.05 Å². The number of halogens is 1. The molecule has 122 valence electrons. The molecule has 0 aliphatic carbocycles. The molecular weight excluding hydrogens is 321 g/mol. The summed E-state index contributed by atoms with van der Waals surface area (Å²) in [4.78, 5) is 12.1.